The van der Waals surface area contributed by atoms with E-state index in [-0.39, 0.29) is 11.5 Å². The molecule has 5 nitrogen and oxygen atoms in total. The van der Waals surface area contributed by atoms with Crippen molar-refractivity contribution in [1.29, 1.82) is 0 Å². The third-order valence-electron chi connectivity index (χ3n) is 6.28. The molecule has 5 rings (SSSR count). The van der Waals surface area contributed by atoms with Gasteiger partial charge in [-0.25, -0.2) is 4.98 Å². The third kappa shape index (κ3) is 4.62. The molecule has 0 unspecified atom stereocenters. The largest absolute Gasteiger partial charge is 0.340 e. The molecule has 0 fully saturated rings. The molecule has 0 N–H and O–H groups in total. The Morgan fingerprint density at radius 3 is 2.44 bits per heavy atom. The third-order valence-corrected chi connectivity index (χ3v) is 8.00. The monoisotopic (exact) mass is 668 g/mol. The van der Waals surface area contributed by atoms with E-state index in [1.54, 1.807) is 12.3 Å². The molecule has 0 saturated heterocycles. The smallest absolute Gasteiger partial charge is 0.282 e. The van der Waals surface area contributed by atoms with Crippen LogP contribution < -0.4 is 5.56 Å². The predicted molar refractivity (Wildman–Crippen MR) is 158 cm³/mol. The van der Waals surface area contributed by atoms with Gasteiger partial charge in [0.05, 0.1) is 17.1 Å². The molecule has 2 aromatic heterocycles. The minimum atomic E-state index is -0.179. The van der Waals surface area contributed by atoms with Crippen LogP contribution in [0.25, 0.3) is 21.8 Å². The first kappa shape index (κ1) is 25.1. The zero-order valence-electron chi connectivity index (χ0n) is 20.0. The number of halogens is 3. The Labute approximate surface area is 234 Å². The molecule has 3 aromatic carbocycles. The van der Waals surface area contributed by atoms with Crippen molar-refractivity contribution < 1.29 is 0 Å². The minimum absolute atomic E-state index is 0.0279. The second-order valence-electron chi connectivity index (χ2n) is 8.99. The number of aromatic nitrogens is 3. The highest BCUT2D eigenvalue weighted by atomic mass is 79.9. The first-order valence-electron chi connectivity index (χ1n) is 11.5. The molecule has 8 heteroatoms. The van der Waals surface area contributed by atoms with Crippen LogP contribution in [0.2, 0.25) is 0 Å². The predicted octanol–water partition coefficient (Wildman–Crippen LogP) is 8.00. The van der Waals surface area contributed by atoms with Gasteiger partial charge in [-0.15, -0.1) is 0 Å². The quantitative estimate of drug-likeness (QED) is 0.178. The Balaban J connectivity index is 1.66. The molecule has 36 heavy (non-hydrogen) atoms. The van der Waals surface area contributed by atoms with E-state index in [9.17, 15) is 4.79 Å². The fraction of sp³-hybridized carbons (Fsp3) is 0.179. The summed E-state index contributed by atoms with van der Waals surface area (Å²) in [5, 5.41) is 6.33. The molecule has 0 bridgehead atoms. The summed E-state index contributed by atoms with van der Waals surface area (Å²) in [5.74, 6) is 0.659. The number of nitrogens with zero attached hydrogens (tertiary/aromatic N) is 4. The van der Waals surface area contributed by atoms with Gasteiger partial charge in [-0.05, 0) is 48.9 Å². The number of hydrogen-bond acceptors (Lipinski definition) is 3. The molecular formula is C28H23Br3N4O. The van der Waals surface area contributed by atoms with Crippen LogP contribution in [0.5, 0.6) is 0 Å². The first-order valence-corrected chi connectivity index (χ1v) is 13.9. The molecule has 0 aliphatic rings. The molecule has 2 heterocycles. The highest BCUT2D eigenvalue weighted by molar-refractivity contribution is 9.11. The maximum Gasteiger partial charge on any atom is 0.282 e. The van der Waals surface area contributed by atoms with Gasteiger partial charge in [0.1, 0.15) is 5.82 Å². The lowest BCUT2D eigenvalue weighted by Gasteiger charge is -2.12. The Morgan fingerprint density at radius 1 is 0.972 bits per heavy atom. The van der Waals surface area contributed by atoms with Crippen molar-refractivity contribution in [2.24, 2.45) is 5.10 Å². The summed E-state index contributed by atoms with van der Waals surface area (Å²) in [6.07, 6.45) is 1.80. The van der Waals surface area contributed by atoms with E-state index in [0.717, 1.165) is 35.6 Å². The topological polar surface area (TPSA) is 52.2 Å². The Bertz CT molecular complexity index is 1720. The Hall–Kier alpha value is -2.55. The maximum atomic E-state index is 13.5. The lowest BCUT2D eigenvalue weighted by molar-refractivity contribution is 0.665. The minimum Gasteiger partial charge on any atom is -0.340 e. The number of rotatable bonds is 5. The SMILES string of the molecule is Cc1c(C=Nn2c(C(C)C)nc3ccc(Br)cc3c2=O)c2ccccc2n1Cc1ccc(Br)cc1Br. The highest BCUT2D eigenvalue weighted by Crippen LogP contribution is 2.29. The van der Waals surface area contributed by atoms with Gasteiger partial charge in [-0.1, -0.05) is 85.9 Å². The molecule has 0 aliphatic carbocycles. The summed E-state index contributed by atoms with van der Waals surface area (Å²) in [5.41, 5.74) is 4.84. The van der Waals surface area contributed by atoms with E-state index >= 15 is 0 Å². The van der Waals surface area contributed by atoms with E-state index in [2.05, 4.69) is 89.6 Å². The average Bonchev–Trinajstić information content (AvgIpc) is 3.11. The zero-order valence-corrected chi connectivity index (χ0v) is 24.7. The first-order chi connectivity index (χ1) is 17.2. The van der Waals surface area contributed by atoms with E-state index < -0.39 is 0 Å². The van der Waals surface area contributed by atoms with Gasteiger partial charge in [0.15, 0.2) is 0 Å². The van der Waals surface area contributed by atoms with Crippen molar-refractivity contribution in [2.75, 3.05) is 0 Å². The van der Waals surface area contributed by atoms with Gasteiger partial charge in [0.2, 0.25) is 0 Å². The van der Waals surface area contributed by atoms with E-state index in [1.807, 2.05) is 38.1 Å². The van der Waals surface area contributed by atoms with Crippen LogP contribution in [0, 0.1) is 6.92 Å². The molecule has 0 aliphatic heterocycles. The van der Waals surface area contributed by atoms with Crippen LogP contribution in [0.15, 0.2) is 84.0 Å². The maximum absolute atomic E-state index is 13.5. The van der Waals surface area contributed by atoms with E-state index in [4.69, 9.17) is 10.1 Å². The normalized spacial score (nSPS) is 12.0. The molecular weight excluding hydrogens is 648 g/mol. The summed E-state index contributed by atoms with van der Waals surface area (Å²) in [6.45, 7) is 6.84. The summed E-state index contributed by atoms with van der Waals surface area (Å²) >= 11 is 10.7. The van der Waals surface area contributed by atoms with Gasteiger partial charge < -0.3 is 4.57 Å². The van der Waals surface area contributed by atoms with Gasteiger partial charge in [-0.2, -0.15) is 9.78 Å². The molecule has 182 valence electrons. The van der Waals surface area contributed by atoms with Crippen LogP contribution in [-0.4, -0.2) is 20.4 Å². The van der Waals surface area contributed by atoms with Crippen molar-refractivity contribution in [3.63, 3.8) is 0 Å². The van der Waals surface area contributed by atoms with Crippen LogP contribution in [-0.2, 0) is 6.54 Å². The molecule has 5 aromatic rings. The van der Waals surface area contributed by atoms with Crippen molar-refractivity contribution in [3.05, 3.63) is 107 Å². The highest BCUT2D eigenvalue weighted by Gasteiger charge is 2.16. The lowest BCUT2D eigenvalue weighted by Crippen LogP contribution is -2.23. The van der Waals surface area contributed by atoms with Crippen LogP contribution >= 0.6 is 47.8 Å². The van der Waals surface area contributed by atoms with Crippen LogP contribution in [0.4, 0.5) is 0 Å². The average molecular weight is 671 g/mol. The molecule has 0 amide bonds. The zero-order chi connectivity index (χ0) is 25.6. The number of fused-ring (bicyclic) bond motifs is 2. The lowest BCUT2D eigenvalue weighted by atomic mass is 10.1. The van der Waals surface area contributed by atoms with E-state index in [0.29, 0.717) is 23.3 Å². The van der Waals surface area contributed by atoms with Crippen molar-refractivity contribution in [3.8, 4) is 0 Å². The standard InChI is InChI=1S/C28H23Br3N4O/c1-16(2)27-33-25-11-10-19(29)12-22(25)28(36)35(27)32-14-23-17(3)34(26-7-5-4-6-21(23)26)15-18-8-9-20(30)13-24(18)31/h4-14,16H,15H2,1-3H3. The summed E-state index contributed by atoms with van der Waals surface area (Å²) < 4.78 is 6.64. The van der Waals surface area contributed by atoms with Gasteiger partial charge >= 0.3 is 0 Å². The Morgan fingerprint density at radius 2 is 1.69 bits per heavy atom. The molecule has 0 spiro atoms. The van der Waals surface area contributed by atoms with Crippen molar-refractivity contribution >= 4 is 75.8 Å². The number of hydrogen-bond donors (Lipinski definition) is 0. The summed E-state index contributed by atoms with van der Waals surface area (Å²) in [6, 6.07) is 20.1. The van der Waals surface area contributed by atoms with Crippen LogP contribution in [0.3, 0.4) is 0 Å². The number of para-hydroxylation sites is 1. The molecule has 0 saturated carbocycles. The van der Waals surface area contributed by atoms with Gasteiger partial charge in [0, 0.05) is 48.0 Å². The molecule has 0 radical (unpaired) electrons. The van der Waals surface area contributed by atoms with Gasteiger partial charge in [0.25, 0.3) is 5.56 Å². The summed E-state index contributed by atoms with van der Waals surface area (Å²) in [4.78, 5) is 18.2. The van der Waals surface area contributed by atoms with Gasteiger partial charge in [-0.3, -0.25) is 4.79 Å². The fourth-order valence-electron chi connectivity index (χ4n) is 4.41. The second kappa shape index (κ2) is 10.1. The summed E-state index contributed by atoms with van der Waals surface area (Å²) in [7, 11) is 0. The van der Waals surface area contributed by atoms with E-state index in [1.165, 1.54) is 10.2 Å². The Kier molecular flexibility index (Phi) is 7.03. The second-order valence-corrected chi connectivity index (χ2v) is 11.7. The number of benzene rings is 3. The van der Waals surface area contributed by atoms with Crippen LogP contribution in [0.1, 0.15) is 42.4 Å². The fourth-order valence-corrected chi connectivity index (χ4v) is 5.94. The molecule has 0 atom stereocenters. The van der Waals surface area contributed by atoms with Crippen molar-refractivity contribution in [2.45, 2.75) is 33.2 Å². The van der Waals surface area contributed by atoms with Crippen molar-refractivity contribution in [1.82, 2.24) is 14.2 Å².